The summed E-state index contributed by atoms with van der Waals surface area (Å²) in [6.07, 6.45) is -10.4. The molecule has 0 aliphatic heterocycles. The van der Waals surface area contributed by atoms with Gasteiger partial charge in [0.25, 0.3) is 0 Å². The largest absolute Gasteiger partial charge is 2.00 e. The van der Waals surface area contributed by atoms with Gasteiger partial charge in [0.15, 0.2) is 0 Å². The molecule has 15 nitrogen and oxygen atoms in total. The average Bonchev–Trinajstić information content (AvgIpc) is 1.94. The van der Waals surface area contributed by atoms with E-state index >= 15 is 0 Å². The van der Waals surface area contributed by atoms with Crippen LogP contribution >= 0.6 is 0 Å². The molecule has 0 rings (SSSR count). The van der Waals surface area contributed by atoms with Crippen molar-refractivity contribution < 1.29 is 105 Å². The van der Waals surface area contributed by atoms with Gasteiger partial charge in [-0.25, -0.2) is 0 Å². The van der Waals surface area contributed by atoms with Crippen molar-refractivity contribution in [2.24, 2.45) is 0 Å². The summed E-state index contributed by atoms with van der Waals surface area (Å²) in [5.74, 6) is 0. The van der Waals surface area contributed by atoms with Gasteiger partial charge in [-0.2, -0.15) is 0 Å². The Morgan fingerprint density at radius 1 is 0.478 bits per heavy atom. The molecule has 0 unspecified atom stereocenters. The summed E-state index contributed by atoms with van der Waals surface area (Å²) in [5, 5.41) is 76.5. The average molecular weight is 456 g/mol. The monoisotopic (exact) mass is 456 g/mol. The predicted molar refractivity (Wildman–Crippen MR) is 51.6 cm³/mol. The minimum Gasteiger partial charge on any atom is -0.565 e. The van der Waals surface area contributed by atoms with E-state index < -0.39 is 30.8 Å². The molecule has 0 amide bonds. The molecule has 0 heterocycles. The zero-order chi connectivity index (χ0) is 17.9. The van der Waals surface area contributed by atoms with Gasteiger partial charge in [0.1, 0.15) is 0 Å². The van der Waals surface area contributed by atoms with Gasteiger partial charge in [-0.1, -0.05) is 0 Å². The van der Waals surface area contributed by atoms with Crippen LogP contribution in [0.2, 0.25) is 0 Å². The Morgan fingerprint density at radius 3 is 0.478 bits per heavy atom. The summed E-state index contributed by atoms with van der Waals surface area (Å²) in [6.45, 7) is 0. The van der Waals surface area contributed by atoms with Crippen LogP contribution in [0.4, 0.5) is 24.0 Å². The van der Waals surface area contributed by atoms with E-state index in [1.54, 1.807) is 0 Å². The Labute approximate surface area is 215 Å². The second kappa shape index (κ2) is 43.1. The summed E-state index contributed by atoms with van der Waals surface area (Å²) in [7, 11) is 0. The van der Waals surface area contributed by atoms with Gasteiger partial charge >= 0.3 is 113 Å². The van der Waals surface area contributed by atoms with E-state index in [2.05, 4.69) is 0 Å². The summed E-state index contributed by atoms with van der Waals surface area (Å²) < 4.78 is 0. The molecule has 0 aliphatic rings. The maximum atomic E-state index is 8.44. The third kappa shape index (κ3) is 1090000. The van der Waals surface area contributed by atoms with Crippen LogP contribution in [0.3, 0.4) is 0 Å². The van der Waals surface area contributed by atoms with E-state index in [4.69, 9.17) is 75.0 Å². The standard InChI is InChI=1S/5CH2O3.Ca.Na.Sr/c5*2-1(3)4;;;/h5*(H2,2,3,4);;;/q;;;;;+2;+1;+2/p-5. The fourth-order valence-corrected chi connectivity index (χ4v) is 0. The molecule has 18 heteroatoms. The summed E-state index contributed by atoms with van der Waals surface area (Å²) in [6, 6.07) is 0. The van der Waals surface area contributed by atoms with Crippen LogP contribution < -0.4 is 55.1 Å². The smallest absolute Gasteiger partial charge is 0.565 e. The molecule has 0 atom stereocenters. The zero-order valence-corrected chi connectivity index (χ0v) is 18.9. The molecule has 23 heavy (non-hydrogen) atoms. The van der Waals surface area contributed by atoms with E-state index in [0.717, 1.165) is 0 Å². The first-order valence-corrected chi connectivity index (χ1v) is 3.16. The summed E-state index contributed by atoms with van der Waals surface area (Å²) >= 11 is 0. The quantitative estimate of drug-likeness (QED) is 0.211. The molecule has 0 spiro atoms. The molecule has 0 aliphatic carbocycles. The van der Waals surface area contributed by atoms with Crippen molar-refractivity contribution in [1.29, 1.82) is 0 Å². The molecule has 0 aromatic carbocycles. The van der Waals surface area contributed by atoms with E-state index in [0.29, 0.717) is 0 Å². The van der Waals surface area contributed by atoms with Crippen molar-refractivity contribution in [2.75, 3.05) is 0 Å². The predicted octanol–water partition coefficient (Wildman–Crippen LogP) is -9.32. The molecular formula is C5H5CaNaO15Sr. The Balaban J connectivity index is -0.0000000197. The molecule has 0 aromatic heterocycles. The molecule has 0 aromatic rings. The number of hydrogen-bond acceptors (Lipinski definition) is 10. The number of carboxylic acid groups (broad SMARTS) is 10. The van der Waals surface area contributed by atoms with E-state index in [1.807, 2.05) is 0 Å². The van der Waals surface area contributed by atoms with Crippen molar-refractivity contribution in [3.63, 3.8) is 0 Å². The van der Waals surface area contributed by atoms with Crippen molar-refractivity contribution in [1.82, 2.24) is 0 Å². The number of carbonyl (C=O) groups is 5. The first kappa shape index (κ1) is 49.5. The van der Waals surface area contributed by atoms with Crippen LogP contribution in [-0.2, 0) is 0 Å². The van der Waals surface area contributed by atoms with Gasteiger partial charge in [-0.05, 0) is 0 Å². The number of hydrogen-bond donors (Lipinski definition) is 5. The van der Waals surface area contributed by atoms with Gasteiger partial charge in [-0.3, -0.25) is 0 Å². The second-order valence-corrected chi connectivity index (χ2v) is 1.33. The van der Waals surface area contributed by atoms with E-state index in [-0.39, 0.29) is 113 Å². The third-order valence-electron chi connectivity index (χ3n) is 0. The zero-order valence-electron chi connectivity index (χ0n) is 11.2. The van der Waals surface area contributed by atoms with Crippen molar-refractivity contribution in [3.05, 3.63) is 0 Å². The molecular weight excluding hydrogens is 451 g/mol. The van der Waals surface area contributed by atoms with Crippen LogP contribution in [0.15, 0.2) is 0 Å². The Bertz CT molecular complexity index is 219. The van der Waals surface area contributed by atoms with Crippen molar-refractivity contribution in [3.8, 4) is 0 Å². The minimum absolute atomic E-state index is 0. The van der Waals surface area contributed by atoms with Gasteiger partial charge in [0.2, 0.25) is 30.8 Å². The maximum absolute atomic E-state index is 8.44. The van der Waals surface area contributed by atoms with Crippen molar-refractivity contribution >= 4 is 114 Å². The van der Waals surface area contributed by atoms with Gasteiger partial charge < -0.3 is 75.0 Å². The topological polar surface area (TPSA) is 302 Å². The second-order valence-electron chi connectivity index (χ2n) is 1.33. The Morgan fingerprint density at radius 2 is 0.478 bits per heavy atom. The SMILES string of the molecule is O=C([O-])O.O=C([O-])O.O=C([O-])O.O=C([O-])O.O=C([O-])O.[Ca+2].[Na+].[Sr+2]. The molecule has 0 radical (unpaired) electrons. The summed E-state index contributed by atoms with van der Waals surface area (Å²) in [5.41, 5.74) is 0. The van der Waals surface area contributed by atoms with Crippen LogP contribution in [0, 0.1) is 0 Å². The first-order chi connectivity index (χ1) is 8.66. The Hall–Kier alpha value is 0.0903. The minimum atomic E-state index is -2.08. The first-order valence-electron chi connectivity index (χ1n) is 3.16. The normalized spacial score (nSPS) is 5.22. The molecule has 0 saturated carbocycles. The van der Waals surface area contributed by atoms with Crippen LogP contribution in [0.5, 0.6) is 0 Å². The Kier molecular flexibility index (Phi) is 92.8. The van der Waals surface area contributed by atoms with Crippen LogP contribution in [0.25, 0.3) is 0 Å². The van der Waals surface area contributed by atoms with Crippen LogP contribution in [-0.4, -0.2) is 140 Å². The third-order valence-corrected chi connectivity index (χ3v) is 0. The van der Waals surface area contributed by atoms with Crippen molar-refractivity contribution in [2.45, 2.75) is 0 Å². The molecule has 0 bridgehead atoms. The van der Waals surface area contributed by atoms with Gasteiger partial charge in [0.05, 0.1) is 0 Å². The van der Waals surface area contributed by atoms with Gasteiger partial charge in [0, 0.05) is 0 Å². The van der Waals surface area contributed by atoms with Crippen LogP contribution in [0.1, 0.15) is 0 Å². The summed E-state index contributed by atoms with van der Waals surface area (Å²) in [4.78, 5) is 42.2. The van der Waals surface area contributed by atoms with Gasteiger partial charge in [-0.15, -0.1) is 0 Å². The fraction of sp³-hybridized carbons (Fsp3) is 0. The molecule has 120 valence electrons. The van der Waals surface area contributed by atoms with E-state index in [9.17, 15) is 0 Å². The number of rotatable bonds is 0. The van der Waals surface area contributed by atoms with E-state index in [1.165, 1.54) is 0 Å². The molecule has 0 fully saturated rings. The maximum Gasteiger partial charge on any atom is 2.00 e. The molecule has 5 N–H and O–H groups in total. The fourth-order valence-electron chi connectivity index (χ4n) is 0. The molecule has 0 saturated heterocycles.